The van der Waals surface area contributed by atoms with Crippen LogP contribution >= 0.6 is 12.6 Å². The largest absolute Gasteiger partial charge is 0.492 e. The molecule has 1 aliphatic rings. The van der Waals surface area contributed by atoms with E-state index in [-0.39, 0.29) is 0 Å². The molecule has 0 unspecified atom stereocenters. The van der Waals surface area contributed by atoms with Gasteiger partial charge in [-0.2, -0.15) is 12.6 Å². The average Bonchev–Trinajstić information content (AvgIpc) is 2.58. The summed E-state index contributed by atoms with van der Waals surface area (Å²) in [5, 5.41) is 0. The van der Waals surface area contributed by atoms with E-state index in [0.29, 0.717) is 6.61 Å². The highest BCUT2D eigenvalue weighted by molar-refractivity contribution is 7.80. The molecule has 0 aliphatic heterocycles. The van der Waals surface area contributed by atoms with Gasteiger partial charge in [0.05, 0.1) is 6.61 Å². The van der Waals surface area contributed by atoms with Crippen LogP contribution in [0.1, 0.15) is 82.8 Å². The highest BCUT2D eigenvalue weighted by Gasteiger charge is 2.15. The molecule has 2 rings (SSSR count). The zero-order valence-corrected chi connectivity index (χ0v) is 17.5. The Morgan fingerprint density at radius 3 is 2.32 bits per heavy atom. The number of thiol groups is 1. The summed E-state index contributed by atoms with van der Waals surface area (Å²) in [5.74, 6) is 2.87. The molecule has 0 aromatic heterocycles. The van der Waals surface area contributed by atoms with Gasteiger partial charge in [0.2, 0.25) is 0 Å². The van der Waals surface area contributed by atoms with Crippen LogP contribution in [0.5, 0.6) is 0 Å². The van der Waals surface area contributed by atoms with E-state index in [0.717, 1.165) is 29.4 Å². The first kappa shape index (κ1) is 22.2. The van der Waals surface area contributed by atoms with Gasteiger partial charge in [-0.25, -0.2) is 0 Å². The molecule has 1 nitrogen and oxygen atoms in total. The van der Waals surface area contributed by atoms with Crippen LogP contribution in [0.2, 0.25) is 0 Å². The van der Waals surface area contributed by atoms with Crippen LogP contribution in [-0.2, 0) is 4.74 Å². The van der Waals surface area contributed by atoms with Crippen molar-refractivity contribution >= 4 is 18.4 Å². The minimum atomic E-state index is 0.662. The van der Waals surface area contributed by atoms with Crippen molar-refractivity contribution < 1.29 is 4.74 Å². The lowest BCUT2D eigenvalue weighted by molar-refractivity contribution is 0.289. The Labute approximate surface area is 161 Å². The molecular formula is C23H38OS. The minimum absolute atomic E-state index is 0.662. The molecule has 1 fully saturated rings. The molecule has 1 aromatic rings. The van der Waals surface area contributed by atoms with Crippen molar-refractivity contribution in [3.8, 4) is 0 Å². The summed E-state index contributed by atoms with van der Waals surface area (Å²) in [5.41, 5.74) is 2.43. The van der Waals surface area contributed by atoms with E-state index in [1.807, 2.05) is 0 Å². The van der Waals surface area contributed by atoms with Crippen molar-refractivity contribution in [1.82, 2.24) is 0 Å². The van der Waals surface area contributed by atoms with Crippen molar-refractivity contribution in [3.05, 3.63) is 41.5 Å². The summed E-state index contributed by atoms with van der Waals surface area (Å²) in [6.07, 6.45) is 14.6. The van der Waals surface area contributed by atoms with Crippen molar-refractivity contribution in [2.45, 2.75) is 78.6 Å². The maximum absolute atomic E-state index is 5.75. The van der Waals surface area contributed by atoms with Crippen molar-refractivity contribution in [2.75, 3.05) is 12.4 Å². The molecule has 0 amide bonds. The average molecular weight is 363 g/mol. The van der Waals surface area contributed by atoms with E-state index in [1.165, 1.54) is 56.9 Å². The highest BCUT2D eigenvalue weighted by Crippen LogP contribution is 2.30. The van der Waals surface area contributed by atoms with Crippen molar-refractivity contribution in [1.29, 1.82) is 0 Å². The number of unbranched alkanes of at least 4 members (excludes halogenated alkanes) is 3. The van der Waals surface area contributed by atoms with E-state index in [2.05, 4.69) is 63.7 Å². The molecule has 0 saturated heterocycles. The molecule has 0 bridgehead atoms. The van der Waals surface area contributed by atoms with Crippen LogP contribution in [-0.4, -0.2) is 12.4 Å². The molecule has 0 heterocycles. The number of rotatable bonds is 10. The Morgan fingerprint density at radius 2 is 1.80 bits per heavy atom. The van der Waals surface area contributed by atoms with Gasteiger partial charge in [-0.1, -0.05) is 88.6 Å². The summed E-state index contributed by atoms with van der Waals surface area (Å²) < 4.78 is 5.75. The van der Waals surface area contributed by atoms with E-state index in [1.54, 1.807) is 0 Å². The van der Waals surface area contributed by atoms with E-state index in [9.17, 15) is 0 Å². The second-order valence-corrected chi connectivity index (χ2v) is 7.54. The molecule has 1 aromatic carbocycles. The molecule has 0 atom stereocenters. The number of hydrogen-bond acceptors (Lipinski definition) is 2. The maximum atomic E-state index is 5.75. The number of hydrogen-bond donors (Lipinski definition) is 1. The van der Waals surface area contributed by atoms with E-state index < -0.39 is 0 Å². The first-order chi connectivity index (χ1) is 12.2. The fourth-order valence-electron chi connectivity index (χ4n) is 2.85. The Morgan fingerprint density at radius 1 is 1.12 bits per heavy atom. The molecule has 0 radical (unpaired) electrons. The zero-order valence-electron chi connectivity index (χ0n) is 16.6. The second-order valence-electron chi connectivity index (χ2n) is 7.09. The second kappa shape index (κ2) is 14.3. The monoisotopic (exact) mass is 362 g/mol. The molecule has 25 heavy (non-hydrogen) atoms. The van der Waals surface area contributed by atoms with Crippen LogP contribution in [0.25, 0.3) is 5.76 Å². The summed E-state index contributed by atoms with van der Waals surface area (Å²) >= 11 is 4.18. The standard InChI is InChI=1S/C15H22OS.C8H16/c1-3-4-5-6-15(16-11-12-17)14-9-7-13(2)8-10-14;1-2-3-5-8-6-4-7-8/h6-10,17H,3-5,11-12H2,1-2H3;8H,2-7H2,1H3/b15-6-;. The lowest BCUT2D eigenvalue weighted by atomic mass is 9.82. The molecular weight excluding hydrogens is 324 g/mol. The van der Waals surface area contributed by atoms with Gasteiger partial charge in [-0.15, -0.1) is 0 Å². The van der Waals surface area contributed by atoms with Crippen LogP contribution in [0.15, 0.2) is 30.3 Å². The molecule has 2 heteroatoms. The van der Waals surface area contributed by atoms with E-state index in [4.69, 9.17) is 4.74 Å². The number of aryl methyl sites for hydroxylation is 1. The van der Waals surface area contributed by atoms with Gasteiger partial charge in [-0.3, -0.25) is 0 Å². The Kier molecular flexibility index (Phi) is 12.7. The fraction of sp³-hybridized carbons (Fsp3) is 0.652. The number of benzene rings is 1. The minimum Gasteiger partial charge on any atom is -0.492 e. The van der Waals surface area contributed by atoms with Crippen molar-refractivity contribution in [2.24, 2.45) is 5.92 Å². The van der Waals surface area contributed by atoms with Crippen LogP contribution in [0.3, 0.4) is 0 Å². The summed E-state index contributed by atoms with van der Waals surface area (Å²) in [7, 11) is 0. The molecule has 0 N–H and O–H groups in total. The predicted molar refractivity (Wildman–Crippen MR) is 115 cm³/mol. The highest BCUT2D eigenvalue weighted by atomic mass is 32.1. The normalized spacial score (nSPS) is 14.5. The third kappa shape index (κ3) is 9.99. The summed E-state index contributed by atoms with van der Waals surface area (Å²) in [6, 6.07) is 8.47. The first-order valence-electron chi connectivity index (χ1n) is 10.2. The number of ether oxygens (including phenoxy) is 1. The smallest absolute Gasteiger partial charge is 0.122 e. The van der Waals surface area contributed by atoms with E-state index >= 15 is 0 Å². The molecule has 0 spiro atoms. The lowest BCUT2D eigenvalue weighted by Gasteiger charge is -2.24. The summed E-state index contributed by atoms with van der Waals surface area (Å²) in [6.45, 7) is 7.24. The zero-order chi connectivity index (χ0) is 18.3. The third-order valence-corrected chi connectivity index (χ3v) is 4.95. The summed E-state index contributed by atoms with van der Waals surface area (Å²) in [4.78, 5) is 0. The Hall–Kier alpha value is -0.890. The van der Waals surface area contributed by atoms with Gasteiger partial charge in [0.15, 0.2) is 0 Å². The predicted octanol–water partition coefficient (Wildman–Crippen LogP) is 7.45. The van der Waals surface area contributed by atoms with Crippen LogP contribution in [0.4, 0.5) is 0 Å². The van der Waals surface area contributed by atoms with Gasteiger partial charge in [-0.05, 0) is 31.8 Å². The van der Waals surface area contributed by atoms with Gasteiger partial charge >= 0.3 is 0 Å². The van der Waals surface area contributed by atoms with Crippen LogP contribution in [0, 0.1) is 12.8 Å². The SMILES string of the molecule is CCCC/C=C(\OCCS)c1ccc(C)cc1.CCCCC1CCC1. The quantitative estimate of drug-likeness (QED) is 0.258. The molecule has 1 saturated carbocycles. The first-order valence-corrected chi connectivity index (χ1v) is 10.8. The van der Waals surface area contributed by atoms with Gasteiger partial charge in [0.25, 0.3) is 0 Å². The van der Waals surface area contributed by atoms with Gasteiger partial charge < -0.3 is 4.74 Å². The lowest BCUT2D eigenvalue weighted by Crippen LogP contribution is -2.09. The molecule has 142 valence electrons. The third-order valence-electron chi connectivity index (χ3n) is 4.76. The van der Waals surface area contributed by atoms with Crippen LogP contribution < -0.4 is 0 Å². The van der Waals surface area contributed by atoms with Gasteiger partial charge in [0, 0.05) is 11.3 Å². The number of allylic oxidation sites excluding steroid dienone is 1. The maximum Gasteiger partial charge on any atom is 0.122 e. The van der Waals surface area contributed by atoms with Gasteiger partial charge in [0.1, 0.15) is 5.76 Å². The van der Waals surface area contributed by atoms with Crippen molar-refractivity contribution in [3.63, 3.8) is 0 Å². The topological polar surface area (TPSA) is 9.23 Å². The Bertz CT molecular complexity index is 459. The fourth-order valence-corrected chi connectivity index (χ4v) is 2.94. The Balaban J connectivity index is 0.000000324. The molecule has 1 aliphatic carbocycles.